The molecule has 7 nitrogen and oxygen atoms in total. The summed E-state index contributed by atoms with van der Waals surface area (Å²) in [5, 5.41) is 16.3. The Balaban J connectivity index is 1.78. The molecule has 0 aliphatic carbocycles. The highest BCUT2D eigenvalue weighted by Gasteiger charge is 2.18. The molecule has 2 aromatic rings. The summed E-state index contributed by atoms with van der Waals surface area (Å²) in [7, 11) is 1.71. The molecule has 1 aliphatic heterocycles. The van der Waals surface area contributed by atoms with Crippen molar-refractivity contribution in [3.8, 4) is 6.07 Å². The number of nitriles is 1. The molecule has 0 saturated carbocycles. The summed E-state index contributed by atoms with van der Waals surface area (Å²) in [6.07, 6.45) is 2.26. The van der Waals surface area contributed by atoms with Gasteiger partial charge in [0.15, 0.2) is 5.82 Å². The average Bonchev–Trinajstić information content (AvgIpc) is 2.91. The number of halogens is 1. The standard InChI is InChI=1S/C15H17BrN6O/c1-20-9-11(16)7-13(15(20)23)18-14-8-12-10-21(4-2-3-17)5-6-22(12)19-14/h7-9H,2,4-6,10H2,1H3,(H,18,19). The lowest BCUT2D eigenvalue weighted by molar-refractivity contribution is 0.218. The molecule has 23 heavy (non-hydrogen) atoms. The number of hydrogen-bond donors (Lipinski definition) is 1. The van der Waals surface area contributed by atoms with Gasteiger partial charge in [-0.3, -0.25) is 14.4 Å². The summed E-state index contributed by atoms with van der Waals surface area (Å²) in [5.41, 5.74) is 1.47. The van der Waals surface area contributed by atoms with Gasteiger partial charge in [-0.2, -0.15) is 10.4 Å². The molecular formula is C15H17BrN6O. The van der Waals surface area contributed by atoms with E-state index in [0.717, 1.165) is 36.3 Å². The molecule has 0 amide bonds. The first-order chi connectivity index (χ1) is 11.1. The predicted molar refractivity (Wildman–Crippen MR) is 90.4 cm³/mol. The molecule has 1 N–H and O–H groups in total. The fourth-order valence-corrected chi connectivity index (χ4v) is 3.21. The van der Waals surface area contributed by atoms with Crippen molar-refractivity contribution in [2.45, 2.75) is 19.5 Å². The molecule has 2 aromatic heterocycles. The zero-order valence-electron chi connectivity index (χ0n) is 12.8. The summed E-state index contributed by atoms with van der Waals surface area (Å²) >= 11 is 3.39. The van der Waals surface area contributed by atoms with Gasteiger partial charge in [0.2, 0.25) is 0 Å². The maximum absolute atomic E-state index is 12.1. The monoisotopic (exact) mass is 376 g/mol. The molecule has 0 aromatic carbocycles. The number of hydrogen-bond acceptors (Lipinski definition) is 5. The van der Waals surface area contributed by atoms with Crippen LogP contribution in [-0.4, -0.2) is 32.3 Å². The zero-order valence-corrected chi connectivity index (χ0v) is 14.4. The summed E-state index contributed by atoms with van der Waals surface area (Å²) in [4.78, 5) is 14.4. The molecule has 3 heterocycles. The number of aryl methyl sites for hydroxylation is 1. The molecule has 8 heteroatoms. The van der Waals surface area contributed by atoms with E-state index < -0.39 is 0 Å². The van der Waals surface area contributed by atoms with E-state index in [-0.39, 0.29) is 5.56 Å². The van der Waals surface area contributed by atoms with E-state index in [1.807, 2.05) is 10.7 Å². The van der Waals surface area contributed by atoms with Gasteiger partial charge in [-0.15, -0.1) is 0 Å². The highest BCUT2D eigenvalue weighted by Crippen LogP contribution is 2.20. The Morgan fingerprint density at radius 1 is 1.43 bits per heavy atom. The Labute approximate surface area is 142 Å². The Hall–Kier alpha value is -2.11. The molecule has 0 bridgehead atoms. The van der Waals surface area contributed by atoms with Crippen LogP contribution in [-0.2, 0) is 20.1 Å². The van der Waals surface area contributed by atoms with Crippen molar-refractivity contribution < 1.29 is 0 Å². The lowest BCUT2D eigenvalue weighted by Gasteiger charge is -2.26. The largest absolute Gasteiger partial charge is 0.334 e. The van der Waals surface area contributed by atoms with Crippen molar-refractivity contribution >= 4 is 27.4 Å². The molecule has 0 fully saturated rings. The van der Waals surface area contributed by atoms with Crippen molar-refractivity contribution in [2.24, 2.45) is 7.05 Å². The number of rotatable bonds is 4. The predicted octanol–water partition coefficient (Wildman–Crippen LogP) is 1.82. The second-order valence-electron chi connectivity index (χ2n) is 5.54. The number of aromatic nitrogens is 3. The average molecular weight is 377 g/mol. The summed E-state index contributed by atoms with van der Waals surface area (Å²) in [6.45, 7) is 3.22. The summed E-state index contributed by atoms with van der Waals surface area (Å²) in [5.74, 6) is 0.664. The maximum atomic E-state index is 12.1. The van der Waals surface area contributed by atoms with Crippen LogP contribution in [0.1, 0.15) is 12.1 Å². The third-order valence-corrected chi connectivity index (χ3v) is 4.26. The second-order valence-corrected chi connectivity index (χ2v) is 6.46. The number of fused-ring (bicyclic) bond motifs is 1. The Morgan fingerprint density at radius 3 is 3.04 bits per heavy atom. The van der Waals surface area contributed by atoms with Gasteiger partial charge in [-0.05, 0) is 22.0 Å². The Bertz CT molecular complexity index is 818. The lowest BCUT2D eigenvalue weighted by Crippen LogP contribution is -2.34. The first kappa shape index (κ1) is 15.8. The van der Waals surface area contributed by atoms with E-state index in [1.54, 1.807) is 19.3 Å². The fraction of sp³-hybridized carbons (Fsp3) is 0.400. The molecule has 0 atom stereocenters. The van der Waals surface area contributed by atoms with Gasteiger partial charge >= 0.3 is 0 Å². The summed E-state index contributed by atoms with van der Waals surface area (Å²) < 4.78 is 4.30. The van der Waals surface area contributed by atoms with E-state index in [2.05, 4.69) is 37.3 Å². The van der Waals surface area contributed by atoms with Crippen LogP contribution in [0.4, 0.5) is 11.5 Å². The third kappa shape index (κ3) is 3.46. The first-order valence-electron chi connectivity index (χ1n) is 7.36. The zero-order chi connectivity index (χ0) is 16.4. The topological polar surface area (TPSA) is 78.9 Å². The molecule has 0 radical (unpaired) electrons. The van der Waals surface area contributed by atoms with Crippen LogP contribution in [0.5, 0.6) is 0 Å². The quantitative estimate of drug-likeness (QED) is 0.880. The first-order valence-corrected chi connectivity index (χ1v) is 8.15. The van der Waals surface area contributed by atoms with E-state index >= 15 is 0 Å². The molecule has 120 valence electrons. The molecular weight excluding hydrogens is 360 g/mol. The molecule has 1 aliphatic rings. The summed E-state index contributed by atoms with van der Waals surface area (Å²) in [6, 6.07) is 5.88. The van der Waals surface area contributed by atoms with Crippen molar-refractivity contribution in [1.82, 2.24) is 19.2 Å². The van der Waals surface area contributed by atoms with Gasteiger partial charge < -0.3 is 9.88 Å². The fourth-order valence-electron chi connectivity index (χ4n) is 2.68. The highest BCUT2D eigenvalue weighted by molar-refractivity contribution is 9.10. The van der Waals surface area contributed by atoms with Gasteiger partial charge in [0.05, 0.1) is 18.3 Å². The van der Waals surface area contributed by atoms with Gasteiger partial charge in [0, 0.05) is 49.8 Å². The second kappa shape index (κ2) is 6.56. The van der Waals surface area contributed by atoms with Gasteiger partial charge in [-0.1, -0.05) is 0 Å². The van der Waals surface area contributed by atoms with E-state index in [0.29, 0.717) is 17.9 Å². The van der Waals surface area contributed by atoms with Crippen LogP contribution < -0.4 is 10.9 Å². The van der Waals surface area contributed by atoms with Crippen molar-refractivity contribution in [1.29, 1.82) is 5.26 Å². The Kier molecular flexibility index (Phi) is 4.50. The van der Waals surface area contributed by atoms with Crippen LogP contribution in [0, 0.1) is 11.3 Å². The smallest absolute Gasteiger partial charge is 0.274 e. The minimum Gasteiger partial charge on any atom is -0.334 e. The third-order valence-electron chi connectivity index (χ3n) is 3.83. The minimum absolute atomic E-state index is 0.102. The van der Waals surface area contributed by atoms with Crippen LogP contribution in [0.15, 0.2) is 27.6 Å². The number of pyridine rings is 1. The SMILES string of the molecule is Cn1cc(Br)cc(Nc2cc3n(n2)CCN(CCC#N)C3)c1=O. The van der Waals surface area contributed by atoms with Crippen LogP contribution >= 0.6 is 15.9 Å². The van der Waals surface area contributed by atoms with Crippen LogP contribution in [0.3, 0.4) is 0 Å². The van der Waals surface area contributed by atoms with E-state index in [4.69, 9.17) is 5.26 Å². The van der Waals surface area contributed by atoms with Crippen LogP contribution in [0.25, 0.3) is 0 Å². The van der Waals surface area contributed by atoms with Gasteiger partial charge in [0.25, 0.3) is 5.56 Å². The van der Waals surface area contributed by atoms with E-state index in [9.17, 15) is 4.79 Å². The molecule has 0 spiro atoms. The molecule has 3 rings (SSSR count). The van der Waals surface area contributed by atoms with Gasteiger partial charge in [0.1, 0.15) is 5.69 Å². The maximum Gasteiger partial charge on any atom is 0.274 e. The number of nitrogens with one attached hydrogen (secondary N) is 1. The Morgan fingerprint density at radius 2 is 2.26 bits per heavy atom. The number of nitrogens with zero attached hydrogens (tertiary/aromatic N) is 5. The molecule has 0 saturated heterocycles. The van der Waals surface area contributed by atoms with Gasteiger partial charge in [-0.25, -0.2) is 0 Å². The highest BCUT2D eigenvalue weighted by atomic mass is 79.9. The normalized spacial score (nSPS) is 14.3. The van der Waals surface area contributed by atoms with Crippen LogP contribution in [0.2, 0.25) is 0 Å². The van der Waals surface area contributed by atoms with Crippen molar-refractivity contribution in [3.63, 3.8) is 0 Å². The molecule has 0 unspecified atom stereocenters. The number of anilines is 2. The van der Waals surface area contributed by atoms with Crippen molar-refractivity contribution in [2.75, 3.05) is 18.4 Å². The minimum atomic E-state index is -0.102. The lowest BCUT2D eigenvalue weighted by atomic mass is 10.3. The van der Waals surface area contributed by atoms with E-state index in [1.165, 1.54) is 4.57 Å². The van der Waals surface area contributed by atoms with Crippen molar-refractivity contribution in [3.05, 3.63) is 38.9 Å².